The predicted octanol–water partition coefficient (Wildman–Crippen LogP) is 2.46. The van der Waals surface area contributed by atoms with Gasteiger partial charge in [-0.05, 0) is 39.2 Å². The van der Waals surface area contributed by atoms with Crippen LogP contribution < -0.4 is 0 Å². The Balaban J connectivity index is 2.36. The molecule has 1 fully saturated rings. The summed E-state index contributed by atoms with van der Waals surface area (Å²) in [5, 5.41) is 10.4. The van der Waals surface area contributed by atoms with Crippen molar-refractivity contribution >= 4 is 17.5 Å². The maximum Gasteiger partial charge on any atom is 0.336 e. The number of hydrogen-bond acceptors (Lipinski definition) is 6. The molecule has 0 aromatic rings. The van der Waals surface area contributed by atoms with Crippen molar-refractivity contribution < 1.29 is 29.0 Å². The summed E-state index contributed by atoms with van der Waals surface area (Å²) in [7, 11) is 0. The van der Waals surface area contributed by atoms with Crippen LogP contribution in [-0.4, -0.2) is 47.6 Å². The number of esters is 1. The number of ketones is 2. The van der Waals surface area contributed by atoms with E-state index < -0.39 is 24.3 Å². The fourth-order valence-electron chi connectivity index (χ4n) is 3.40. The van der Waals surface area contributed by atoms with Crippen LogP contribution in [0.5, 0.6) is 0 Å². The van der Waals surface area contributed by atoms with Crippen LogP contribution in [0.3, 0.4) is 0 Å². The standard InChI is InChI=1S/C21H28O6/c1-5-26-18-11-15(22)10-14(12(2)3)6-7-16-20(24)19(27-21(16)25)9-13(4)8-17(18)23/h7-8,14,18-20,24H,2,5-6,9-11H2,1,3-4H3/b13-8-,16-7+/t14-,18-,19-,20-/m0/s1. The Hall–Kier alpha value is -2.05. The zero-order valence-corrected chi connectivity index (χ0v) is 16.2. The van der Waals surface area contributed by atoms with Gasteiger partial charge in [-0.1, -0.05) is 23.8 Å². The van der Waals surface area contributed by atoms with Crippen LogP contribution in [0.1, 0.15) is 46.5 Å². The normalized spacial score (nSPS) is 34.1. The second-order valence-corrected chi connectivity index (χ2v) is 7.32. The third-order valence-corrected chi connectivity index (χ3v) is 4.97. The first kappa shape index (κ1) is 21.3. The van der Waals surface area contributed by atoms with Gasteiger partial charge in [-0.15, -0.1) is 0 Å². The number of hydrogen-bond donors (Lipinski definition) is 1. The predicted molar refractivity (Wildman–Crippen MR) is 99.9 cm³/mol. The molecule has 0 aromatic heterocycles. The van der Waals surface area contributed by atoms with Gasteiger partial charge in [-0.3, -0.25) is 9.59 Å². The van der Waals surface area contributed by atoms with E-state index in [4.69, 9.17) is 9.47 Å². The molecule has 1 aliphatic carbocycles. The smallest absolute Gasteiger partial charge is 0.336 e. The van der Waals surface area contributed by atoms with Crippen molar-refractivity contribution in [1.29, 1.82) is 0 Å². The zero-order chi connectivity index (χ0) is 20.1. The minimum atomic E-state index is -1.05. The Bertz CT molecular complexity index is 687. The average Bonchev–Trinajstić information content (AvgIpc) is 2.83. The number of allylic oxidation sites excluding steroid dienone is 2. The second kappa shape index (κ2) is 9.24. The van der Waals surface area contributed by atoms with Crippen LogP contribution in [0.2, 0.25) is 0 Å². The van der Waals surface area contributed by atoms with Crippen molar-refractivity contribution in [3.05, 3.63) is 35.5 Å². The Kier molecular flexibility index (Phi) is 7.27. The van der Waals surface area contributed by atoms with Crippen molar-refractivity contribution in [2.24, 2.45) is 5.92 Å². The fourth-order valence-corrected chi connectivity index (χ4v) is 3.40. The minimum absolute atomic E-state index is 0.0122. The van der Waals surface area contributed by atoms with E-state index in [1.54, 1.807) is 19.9 Å². The largest absolute Gasteiger partial charge is 0.455 e. The van der Waals surface area contributed by atoms with Crippen LogP contribution in [0.25, 0.3) is 0 Å². The highest BCUT2D eigenvalue weighted by Crippen LogP contribution is 2.29. The number of Topliss-reactive ketones (excluding diaryl/α,β-unsaturated/α-hetero) is 1. The molecule has 1 saturated heterocycles. The van der Waals surface area contributed by atoms with E-state index in [1.807, 2.05) is 6.92 Å². The maximum absolute atomic E-state index is 12.5. The van der Waals surface area contributed by atoms with Crippen molar-refractivity contribution in [3.8, 4) is 0 Å². The van der Waals surface area contributed by atoms with Crippen molar-refractivity contribution in [1.82, 2.24) is 0 Å². The van der Waals surface area contributed by atoms with E-state index in [0.29, 0.717) is 18.6 Å². The molecule has 0 radical (unpaired) electrons. The molecule has 0 amide bonds. The molecule has 2 bridgehead atoms. The molecule has 1 N–H and O–H groups in total. The fraction of sp³-hybridized carbons (Fsp3) is 0.571. The molecule has 2 rings (SSSR count). The molecule has 2 aliphatic rings. The molecular weight excluding hydrogens is 348 g/mol. The SMILES string of the molecule is C=C(C)[C@H]1C/C=C2/C(=O)O[C@@H](C/C(C)=C\C(=O)[C@@H](OCC)CC(=O)C1)[C@H]2O. The van der Waals surface area contributed by atoms with E-state index in [-0.39, 0.29) is 42.3 Å². The van der Waals surface area contributed by atoms with Gasteiger partial charge >= 0.3 is 5.97 Å². The van der Waals surface area contributed by atoms with Gasteiger partial charge in [0.05, 0.1) is 5.57 Å². The van der Waals surface area contributed by atoms with Crippen molar-refractivity contribution in [3.63, 3.8) is 0 Å². The lowest BCUT2D eigenvalue weighted by molar-refractivity contribution is -0.139. The van der Waals surface area contributed by atoms with Gasteiger partial charge in [0.1, 0.15) is 24.1 Å². The average molecular weight is 376 g/mol. The van der Waals surface area contributed by atoms with Crippen LogP contribution >= 0.6 is 0 Å². The molecule has 4 atom stereocenters. The summed E-state index contributed by atoms with van der Waals surface area (Å²) in [5.74, 6) is -1.12. The highest BCUT2D eigenvalue weighted by atomic mass is 16.6. The van der Waals surface area contributed by atoms with E-state index in [2.05, 4.69) is 6.58 Å². The molecular formula is C21H28O6. The Morgan fingerprint density at radius 3 is 2.63 bits per heavy atom. The number of rotatable bonds is 3. The Morgan fingerprint density at radius 2 is 2.00 bits per heavy atom. The van der Waals surface area contributed by atoms with Gasteiger partial charge in [0.15, 0.2) is 5.78 Å². The summed E-state index contributed by atoms with van der Waals surface area (Å²) in [4.78, 5) is 37.2. The number of carbonyl (C=O) groups excluding carboxylic acids is 3. The topological polar surface area (TPSA) is 89.9 Å². The number of carbonyl (C=O) groups is 3. The lowest BCUT2D eigenvalue weighted by atomic mass is 9.88. The molecule has 0 unspecified atom stereocenters. The number of ether oxygens (including phenoxy) is 2. The first-order chi connectivity index (χ1) is 12.7. The second-order valence-electron chi connectivity index (χ2n) is 7.32. The molecule has 0 spiro atoms. The summed E-state index contributed by atoms with van der Waals surface area (Å²) in [6.45, 7) is 9.58. The molecule has 1 aliphatic heterocycles. The lowest BCUT2D eigenvalue weighted by Crippen LogP contribution is -2.28. The van der Waals surface area contributed by atoms with Gasteiger partial charge in [0.25, 0.3) is 0 Å². The summed E-state index contributed by atoms with van der Waals surface area (Å²) >= 11 is 0. The quantitative estimate of drug-likeness (QED) is 0.601. The zero-order valence-electron chi connectivity index (χ0n) is 16.2. The highest BCUT2D eigenvalue weighted by molar-refractivity contribution is 5.97. The van der Waals surface area contributed by atoms with Gasteiger partial charge in [-0.25, -0.2) is 4.79 Å². The van der Waals surface area contributed by atoms with Gasteiger partial charge < -0.3 is 14.6 Å². The maximum atomic E-state index is 12.5. The number of aliphatic hydroxyl groups excluding tert-OH is 1. The van der Waals surface area contributed by atoms with E-state index in [0.717, 1.165) is 5.57 Å². The molecule has 0 aromatic carbocycles. The highest BCUT2D eigenvalue weighted by Gasteiger charge is 2.38. The van der Waals surface area contributed by atoms with Gasteiger partial charge in [0.2, 0.25) is 0 Å². The molecule has 0 saturated carbocycles. The van der Waals surface area contributed by atoms with Crippen LogP contribution in [0, 0.1) is 5.92 Å². The monoisotopic (exact) mass is 376 g/mol. The summed E-state index contributed by atoms with van der Waals surface area (Å²) in [6, 6.07) is 0. The van der Waals surface area contributed by atoms with Crippen LogP contribution in [0.4, 0.5) is 0 Å². The number of fused-ring (bicyclic) bond motifs is 2. The van der Waals surface area contributed by atoms with Crippen molar-refractivity contribution in [2.45, 2.75) is 64.8 Å². The number of aliphatic hydroxyl groups is 1. The first-order valence-electron chi connectivity index (χ1n) is 9.31. The molecule has 27 heavy (non-hydrogen) atoms. The van der Waals surface area contributed by atoms with E-state index >= 15 is 0 Å². The minimum Gasteiger partial charge on any atom is -0.455 e. The summed E-state index contributed by atoms with van der Waals surface area (Å²) in [6.07, 6.45) is 1.32. The van der Waals surface area contributed by atoms with Gasteiger partial charge in [0, 0.05) is 25.9 Å². The molecule has 1 heterocycles. The van der Waals surface area contributed by atoms with Crippen LogP contribution in [-0.2, 0) is 23.9 Å². The lowest BCUT2D eigenvalue weighted by Gasteiger charge is -2.19. The summed E-state index contributed by atoms with van der Waals surface area (Å²) < 4.78 is 10.8. The summed E-state index contributed by atoms with van der Waals surface area (Å²) in [5.41, 5.74) is 1.67. The molecule has 148 valence electrons. The molecule has 6 heteroatoms. The first-order valence-corrected chi connectivity index (χ1v) is 9.31. The van der Waals surface area contributed by atoms with E-state index in [1.165, 1.54) is 6.08 Å². The van der Waals surface area contributed by atoms with Gasteiger partial charge in [-0.2, -0.15) is 0 Å². The third kappa shape index (κ3) is 5.47. The Labute approximate surface area is 159 Å². The Morgan fingerprint density at radius 1 is 1.30 bits per heavy atom. The van der Waals surface area contributed by atoms with E-state index in [9.17, 15) is 19.5 Å². The van der Waals surface area contributed by atoms with Crippen molar-refractivity contribution in [2.75, 3.05) is 6.61 Å². The third-order valence-electron chi connectivity index (χ3n) is 4.97. The van der Waals surface area contributed by atoms with Crippen LogP contribution in [0.15, 0.2) is 35.5 Å². The molecule has 6 nitrogen and oxygen atoms in total.